The van der Waals surface area contributed by atoms with Gasteiger partial charge >= 0.3 is 6.18 Å². The zero-order valence-corrected chi connectivity index (χ0v) is 15.8. The van der Waals surface area contributed by atoms with Crippen LogP contribution in [0.2, 0.25) is 5.02 Å². The first kappa shape index (κ1) is 19.9. The monoisotopic (exact) mass is 390 g/mol. The lowest BCUT2D eigenvalue weighted by molar-refractivity contribution is -0.169. The first-order chi connectivity index (χ1) is 11.5. The van der Waals surface area contributed by atoms with Gasteiger partial charge in [-0.1, -0.05) is 23.7 Å². The van der Waals surface area contributed by atoms with E-state index in [1.165, 1.54) is 35.9 Å². The molecule has 0 radical (unpaired) electrons. The number of hydrogen-bond donors (Lipinski definition) is 0. The normalized spacial score (nSPS) is 13.3. The van der Waals surface area contributed by atoms with Gasteiger partial charge in [0, 0.05) is 28.2 Å². The quantitative estimate of drug-likeness (QED) is 0.694. The Labute approximate surface area is 153 Å². The van der Waals surface area contributed by atoms with Crippen LogP contribution in [0.1, 0.15) is 22.9 Å². The van der Waals surface area contributed by atoms with Crippen molar-refractivity contribution in [2.75, 3.05) is 7.05 Å². The van der Waals surface area contributed by atoms with E-state index >= 15 is 0 Å². The van der Waals surface area contributed by atoms with Crippen LogP contribution in [-0.4, -0.2) is 22.1 Å². The molecule has 2 rings (SSSR count). The molecule has 8 heteroatoms. The number of pyridine rings is 1. The average molecular weight is 391 g/mol. The van der Waals surface area contributed by atoms with E-state index in [2.05, 4.69) is 0 Å². The lowest BCUT2D eigenvalue weighted by atomic mass is 10.1. The van der Waals surface area contributed by atoms with Crippen molar-refractivity contribution in [3.63, 3.8) is 0 Å². The third-order valence-electron chi connectivity index (χ3n) is 3.95. The molecule has 0 amide bonds. The zero-order valence-electron chi connectivity index (χ0n) is 14.2. The molecule has 1 heterocycles. The molecule has 3 nitrogen and oxygen atoms in total. The SMILES string of the molecule is Cc1cc(SN(C)[C@H](c2ccc(Cl)cc2)C(F)(F)F)c(C)n(C)c1=O. The highest BCUT2D eigenvalue weighted by atomic mass is 35.5. The van der Waals surface area contributed by atoms with Crippen molar-refractivity contribution in [2.24, 2.45) is 7.05 Å². The van der Waals surface area contributed by atoms with Gasteiger partial charge in [-0.3, -0.25) is 4.79 Å². The summed E-state index contributed by atoms with van der Waals surface area (Å²) in [7, 11) is 2.99. The summed E-state index contributed by atoms with van der Waals surface area (Å²) in [5.41, 5.74) is 1.05. The number of halogens is 4. The predicted octanol–water partition coefficient (Wildman–Crippen LogP) is 4.90. The molecule has 0 fully saturated rings. The molecule has 0 saturated carbocycles. The largest absolute Gasteiger partial charge is 0.408 e. The molecule has 0 saturated heterocycles. The Morgan fingerprint density at radius 3 is 2.28 bits per heavy atom. The molecule has 1 aromatic heterocycles. The highest BCUT2D eigenvalue weighted by molar-refractivity contribution is 7.97. The van der Waals surface area contributed by atoms with Gasteiger partial charge in [0.25, 0.3) is 5.56 Å². The van der Waals surface area contributed by atoms with Crippen LogP contribution >= 0.6 is 23.5 Å². The van der Waals surface area contributed by atoms with Gasteiger partial charge in [0.2, 0.25) is 0 Å². The summed E-state index contributed by atoms with van der Waals surface area (Å²) in [5, 5.41) is 0.379. The molecule has 25 heavy (non-hydrogen) atoms. The smallest absolute Gasteiger partial charge is 0.315 e. The number of hydrogen-bond acceptors (Lipinski definition) is 3. The van der Waals surface area contributed by atoms with E-state index in [9.17, 15) is 18.0 Å². The van der Waals surface area contributed by atoms with Gasteiger partial charge in [0.1, 0.15) is 6.04 Å². The van der Waals surface area contributed by atoms with E-state index in [1.807, 2.05) is 0 Å². The minimum absolute atomic E-state index is 0.103. The third kappa shape index (κ3) is 4.40. The summed E-state index contributed by atoms with van der Waals surface area (Å²) in [5.74, 6) is 0. The number of aryl methyl sites for hydroxylation is 1. The Morgan fingerprint density at radius 1 is 1.20 bits per heavy atom. The number of nitrogens with zero attached hydrogens (tertiary/aromatic N) is 2. The molecule has 0 aliphatic heterocycles. The van der Waals surface area contributed by atoms with Gasteiger partial charge in [-0.15, -0.1) is 0 Å². The molecule has 0 spiro atoms. The lowest BCUT2D eigenvalue weighted by Crippen LogP contribution is -2.32. The van der Waals surface area contributed by atoms with E-state index < -0.39 is 12.2 Å². The van der Waals surface area contributed by atoms with E-state index in [4.69, 9.17) is 11.6 Å². The fourth-order valence-electron chi connectivity index (χ4n) is 2.50. The van der Waals surface area contributed by atoms with Gasteiger partial charge in [0.05, 0.1) is 0 Å². The van der Waals surface area contributed by atoms with Gasteiger partial charge < -0.3 is 4.57 Å². The summed E-state index contributed by atoms with van der Waals surface area (Å²) in [6.45, 7) is 3.36. The maximum absolute atomic E-state index is 13.6. The molecular weight excluding hydrogens is 373 g/mol. The second-order valence-electron chi connectivity index (χ2n) is 5.77. The third-order valence-corrected chi connectivity index (χ3v) is 5.31. The van der Waals surface area contributed by atoms with Crippen LogP contribution < -0.4 is 5.56 Å². The summed E-state index contributed by atoms with van der Waals surface area (Å²) >= 11 is 6.74. The lowest BCUT2D eigenvalue weighted by Gasteiger charge is -2.30. The predicted molar refractivity (Wildman–Crippen MR) is 95.0 cm³/mol. The molecule has 136 valence electrons. The highest BCUT2D eigenvalue weighted by Crippen LogP contribution is 2.42. The average Bonchev–Trinajstić information content (AvgIpc) is 2.51. The van der Waals surface area contributed by atoms with Gasteiger partial charge in [-0.25, -0.2) is 4.31 Å². The van der Waals surface area contributed by atoms with E-state index in [0.717, 1.165) is 16.3 Å². The fourth-order valence-corrected chi connectivity index (χ4v) is 3.78. The molecule has 0 N–H and O–H groups in total. The van der Waals surface area contributed by atoms with E-state index in [1.54, 1.807) is 27.0 Å². The Kier molecular flexibility index (Phi) is 5.91. The van der Waals surface area contributed by atoms with Crippen LogP contribution in [0.4, 0.5) is 13.2 Å². The number of alkyl halides is 3. The second kappa shape index (κ2) is 7.43. The van der Waals surface area contributed by atoms with Gasteiger partial charge in [-0.05, 0) is 56.6 Å². The summed E-state index contributed by atoms with van der Waals surface area (Å²) in [6.07, 6.45) is -4.46. The molecule has 1 aromatic carbocycles. The molecule has 0 aliphatic carbocycles. The van der Waals surface area contributed by atoms with Crippen LogP contribution in [0.3, 0.4) is 0 Å². The molecule has 0 bridgehead atoms. The van der Waals surface area contributed by atoms with Crippen molar-refractivity contribution in [1.82, 2.24) is 8.87 Å². The summed E-state index contributed by atoms with van der Waals surface area (Å²) in [4.78, 5) is 12.5. The number of rotatable bonds is 4. The van der Waals surface area contributed by atoms with Gasteiger partial charge in [-0.2, -0.15) is 13.2 Å². The van der Waals surface area contributed by atoms with Crippen molar-refractivity contribution in [1.29, 1.82) is 0 Å². The highest BCUT2D eigenvalue weighted by Gasteiger charge is 2.44. The van der Waals surface area contributed by atoms with Crippen LogP contribution in [0.15, 0.2) is 40.0 Å². The topological polar surface area (TPSA) is 25.2 Å². The summed E-state index contributed by atoms with van der Waals surface area (Å²) in [6, 6.07) is 5.44. The van der Waals surface area contributed by atoms with Crippen LogP contribution in [0.25, 0.3) is 0 Å². The van der Waals surface area contributed by atoms with Crippen LogP contribution in [0.5, 0.6) is 0 Å². The maximum Gasteiger partial charge on any atom is 0.408 e. The van der Waals surface area contributed by atoms with E-state index in [0.29, 0.717) is 21.2 Å². The van der Waals surface area contributed by atoms with Crippen molar-refractivity contribution in [3.8, 4) is 0 Å². The van der Waals surface area contributed by atoms with Crippen LogP contribution in [0, 0.1) is 13.8 Å². The Bertz CT molecular complexity index is 818. The van der Waals surface area contributed by atoms with Gasteiger partial charge in [0.15, 0.2) is 0 Å². The van der Waals surface area contributed by atoms with Crippen molar-refractivity contribution in [3.05, 3.63) is 62.5 Å². The Hall–Kier alpha value is -1.44. The standard InChI is InChI=1S/C17H18ClF3N2OS/c1-10-9-14(11(2)22(3)16(10)24)25-23(4)15(17(19,20)21)12-5-7-13(18)8-6-12/h5-9,15H,1-4H3/t15-/m1/s1. The second-order valence-corrected chi connectivity index (χ2v) is 7.41. The molecular formula is C17H18ClF3N2OS. The molecule has 0 aliphatic rings. The first-order valence-electron chi connectivity index (χ1n) is 7.42. The van der Waals surface area contributed by atoms with Crippen molar-refractivity contribution in [2.45, 2.75) is 31.0 Å². The number of aromatic nitrogens is 1. The first-order valence-corrected chi connectivity index (χ1v) is 8.57. The Morgan fingerprint density at radius 2 is 1.76 bits per heavy atom. The minimum atomic E-state index is -4.46. The zero-order chi connectivity index (χ0) is 18.9. The van der Waals surface area contributed by atoms with Crippen molar-refractivity contribution < 1.29 is 13.2 Å². The minimum Gasteiger partial charge on any atom is -0.315 e. The van der Waals surface area contributed by atoms with Crippen molar-refractivity contribution >= 4 is 23.5 Å². The number of benzene rings is 1. The molecule has 2 aromatic rings. The fraction of sp³-hybridized carbons (Fsp3) is 0.353. The maximum atomic E-state index is 13.6. The van der Waals surface area contributed by atoms with E-state index in [-0.39, 0.29) is 11.1 Å². The van der Waals surface area contributed by atoms with Crippen LogP contribution in [-0.2, 0) is 7.05 Å². The molecule has 0 unspecified atom stereocenters. The molecule has 1 atom stereocenters. The summed E-state index contributed by atoms with van der Waals surface area (Å²) < 4.78 is 43.5. The Balaban J connectivity index is 2.40.